The SMILES string of the molecule is O=C(Cc1c[nH]c2ccccc12)NNC(=O)O[C@H]1C[C@@H](S)CN1S(=O)(=O)c1ccc2ccccc2c1. The van der Waals surface area contributed by atoms with Gasteiger partial charge in [0.05, 0.1) is 11.3 Å². The number of hydrogen-bond acceptors (Lipinski definition) is 6. The van der Waals surface area contributed by atoms with Crippen LogP contribution in [0.5, 0.6) is 0 Å². The number of aromatic amines is 1. The first kappa shape index (κ1) is 24.2. The molecule has 186 valence electrons. The van der Waals surface area contributed by atoms with Gasteiger partial charge in [-0.05, 0) is 34.5 Å². The third-order valence-corrected chi connectivity index (χ3v) is 8.31. The highest BCUT2D eigenvalue weighted by Crippen LogP contribution is 2.30. The minimum Gasteiger partial charge on any atom is -0.428 e. The van der Waals surface area contributed by atoms with Crippen molar-refractivity contribution < 1.29 is 22.7 Å². The van der Waals surface area contributed by atoms with E-state index in [2.05, 4.69) is 28.5 Å². The van der Waals surface area contributed by atoms with Crippen molar-refractivity contribution >= 4 is 56.3 Å². The van der Waals surface area contributed by atoms with E-state index in [1.54, 1.807) is 18.3 Å². The average molecular weight is 525 g/mol. The van der Waals surface area contributed by atoms with Crippen LogP contribution < -0.4 is 10.9 Å². The topological polar surface area (TPSA) is 121 Å². The van der Waals surface area contributed by atoms with Gasteiger partial charge in [0.2, 0.25) is 15.9 Å². The third kappa shape index (κ3) is 4.90. The number of aromatic nitrogens is 1. The summed E-state index contributed by atoms with van der Waals surface area (Å²) in [5.74, 6) is -0.448. The lowest BCUT2D eigenvalue weighted by molar-refractivity contribution is -0.121. The summed E-state index contributed by atoms with van der Waals surface area (Å²) >= 11 is 4.41. The molecule has 0 radical (unpaired) electrons. The molecule has 0 bridgehead atoms. The highest BCUT2D eigenvalue weighted by atomic mass is 32.2. The summed E-state index contributed by atoms with van der Waals surface area (Å²) in [6, 6.07) is 19.9. The number of nitrogens with one attached hydrogen (secondary N) is 3. The van der Waals surface area contributed by atoms with E-state index < -0.39 is 28.3 Å². The third-order valence-electron chi connectivity index (χ3n) is 6.09. The number of sulfonamides is 1. The Balaban J connectivity index is 1.23. The lowest BCUT2D eigenvalue weighted by Gasteiger charge is -2.24. The van der Waals surface area contributed by atoms with E-state index in [-0.39, 0.29) is 29.5 Å². The molecular weight excluding hydrogens is 500 g/mol. The van der Waals surface area contributed by atoms with Crippen LogP contribution >= 0.6 is 12.6 Å². The molecule has 36 heavy (non-hydrogen) atoms. The number of hydrazine groups is 1. The van der Waals surface area contributed by atoms with Crippen LogP contribution in [0.2, 0.25) is 0 Å². The van der Waals surface area contributed by atoms with Crippen molar-refractivity contribution in [1.82, 2.24) is 20.1 Å². The summed E-state index contributed by atoms with van der Waals surface area (Å²) in [6.45, 7) is 0.0864. The molecule has 11 heteroatoms. The van der Waals surface area contributed by atoms with Gasteiger partial charge in [0.25, 0.3) is 0 Å². The molecular formula is C25H24N4O5S2. The zero-order valence-electron chi connectivity index (χ0n) is 19.0. The maximum atomic E-state index is 13.4. The van der Waals surface area contributed by atoms with E-state index in [1.807, 2.05) is 48.5 Å². The molecule has 3 N–H and O–H groups in total. The molecule has 3 aromatic carbocycles. The van der Waals surface area contributed by atoms with Crippen LogP contribution in [-0.2, 0) is 26.0 Å². The van der Waals surface area contributed by atoms with Gasteiger partial charge in [0, 0.05) is 35.3 Å². The number of benzene rings is 3. The number of hydrogen-bond donors (Lipinski definition) is 4. The maximum absolute atomic E-state index is 13.4. The monoisotopic (exact) mass is 524 g/mol. The molecule has 1 aliphatic rings. The second-order valence-corrected chi connectivity index (χ2v) is 11.2. The van der Waals surface area contributed by atoms with E-state index in [9.17, 15) is 18.0 Å². The number of ether oxygens (including phenoxy) is 1. The second kappa shape index (κ2) is 9.84. The van der Waals surface area contributed by atoms with Crippen LogP contribution in [0, 0.1) is 0 Å². The van der Waals surface area contributed by atoms with Crippen molar-refractivity contribution in [2.45, 2.75) is 29.2 Å². The lowest BCUT2D eigenvalue weighted by Crippen LogP contribution is -2.46. The fraction of sp³-hybridized carbons (Fsp3) is 0.200. The molecule has 0 aliphatic carbocycles. The minimum atomic E-state index is -3.96. The fourth-order valence-corrected chi connectivity index (χ4v) is 6.41. The van der Waals surface area contributed by atoms with E-state index in [4.69, 9.17) is 4.74 Å². The van der Waals surface area contributed by atoms with E-state index in [0.717, 1.165) is 31.5 Å². The average Bonchev–Trinajstić information content (AvgIpc) is 3.45. The number of carbonyl (C=O) groups is 2. The van der Waals surface area contributed by atoms with Gasteiger partial charge < -0.3 is 9.72 Å². The second-order valence-electron chi connectivity index (χ2n) is 8.54. The Morgan fingerprint density at radius 3 is 2.61 bits per heavy atom. The standard InChI is InChI=1S/C25H24N4O5S2/c30-23(12-18-14-26-22-8-4-3-7-21(18)22)27-28-25(31)34-24-13-19(35)15-29(24)36(32,33)20-10-9-16-5-1-2-6-17(16)11-20/h1-11,14,19,24,26,35H,12-13,15H2,(H,27,30)(H,28,31)/t19-,24+/m1/s1. The molecule has 4 aromatic rings. The number of amides is 2. The normalized spacial score (nSPS) is 18.4. The quantitative estimate of drug-likeness (QED) is 0.236. The highest BCUT2D eigenvalue weighted by molar-refractivity contribution is 7.89. The first-order valence-corrected chi connectivity index (χ1v) is 13.3. The molecule has 0 spiro atoms. The predicted octanol–water partition coefficient (Wildman–Crippen LogP) is 3.34. The summed E-state index contributed by atoms with van der Waals surface area (Å²) in [4.78, 5) is 28.0. The van der Waals surface area contributed by atoms with Gasteiger partial charge in [0.15, 0.2) is 6.23 Å². The van der Waals surface area contributed by atoms with Crippen LogP contribution in [0.15, 0.2) is 77.8 Å². The summed E-state index contributed by atoms with van der Waals surface area (Å²) in [5, 5.41) is 2.30. The smallest absolute Gasteiger partial charge is 0.427 e. The first-order valence-electron chi connectivity index (χ1n) is 11.3. The Hall–Kier alpha value is -3.54. The van der Waals surface area contributed by atoms with Gasteiger partial charge in [-0.25, -0.2) is 18.6 Å². The maximum Gasteiger partial charge on any atom is 0.427 e. The van der Waals surface area contributed by atoms with Gasteiger partial charge in [-0.3, -0.25) is 10.2 Å². The van der Waals surface area contributed by atoms with Crippen molar-refractivity contribution in [3.8, 4) is 0 Å². The van der Waals surface area contributed by atoms with Gasteiger partial charge in [0.1, 0.15) is 0 Å². The molecule has 5 rings (SSSR count). The molecule has 1 aliphatic heterocycles. The van der Waals surface area contributed by atoms with Crippen molar-refractivity contribution in [3.63, 3.8) is 0 Å². The molecule has 1 fully saturated rings. The Labute approximate surface area is 213 Å². The number of thiol groups is 1. The fourth-order valence-electron chi connectivity index (χ4n) is 4.34. The van der Waals surface area contributed by atoms with E-state index in [0.29, 0.717) is 0 Å². The molecule has 2 heterocycles. The molecule has 1 saturated heterocycles. The number of H-pyrrole nitrogens is 1. The first-order chi connectivity index (χ1) is 17.3. The molecule has 2 amide bonds. The van der Waals surface area contributed by atoms with Crippen molar-refractivity contribution in [1.29, 1.82) is 0 Å². The number of rotatable bonds is 5. The number of para-hydroxylation sites is 1. The summed E-state index contributed by atoms with van der Waals surface area (Å²) in [5.41, 5.74) is 6.20. The zero-order valence-corrected chi connectivity index (χ0v) is 20.8. The summed E-state index contributed by atoms with van der Waals surface area (Å²) < 4.78 is 33.2. The molecule has 0 saturated carbocycles. The van der Waals surface area contributed by atoms with Crippen LogP contribution in [0.3, 0.4) is 0 Å². The Morgan fingerprint density at radius 2 is 1.78 bits per heavy atom. The van der Waals surface area contributed by atoms with Crippen LogP contribution in [-0.4, -0.2) is 47.7 Å². The van der Waals surface area contributed by atoms with Gasteiger partial charge in [-0.2, -0.15) is 16.9 Å². The van der Waals surface area contributed by atoms with Crippen molar-refractivity contribution in [3.05, 3.63) is 78.5 Å². The van der Waals surface area contributed by atoms with E-state index >= 15 is 0 Å². The Morgan fingerprint density at radius 1 is 1.03 bits per heavy atom. The van der Waals surface area contributed by atoms with Crippen molar-refractivity contribution in [2.75, 3.05) is 6.54 Å². The van der Waals surface area contributed by atoms with E-state index in [1.165, 1.54) is 6.07 Å². The Bertz CT molecular complexity index is 1550. The molecule has 9 nitrogen and oxygen atoms in total. The number of carbonyl (C=O) groups excluding carboxylic acids is 2. The summed E-state index contributed by atoms with van der Waals surface area (Å²) in [6.07, 6.45) is -0.0340. The number of nitrogens with zero attached hydrogens (tertiary/aromatic N) is 1. The van der Waals surface area contributed by atoms with Gasteiger partial charge in [-0.15, -0.1) is 0 Å². The minimum absolute atomic E-state index is 0.0366. The molecule has 0 unspecified atom stereocenters. The van der Waals surface area contributed by atoms with Gasteiger partial charge in [-0.1, -0.05) is 48.5 Å². The Kier molecular flexibility index (Phi) is 6.61. The van der Waals surface area contributed by atoms with Crippen LogP contribution in [0.4, 0.5) is 4.79 Å². The summed E-state index contributed by atoms with van der Waals surface area (Å²) in [7, 11) is -3.96. The zero-order chi connectivity index (χ0) is 25.3. The van der Waals surface area contributed by atoms with Crippen molar-refractivity contribution in [2.24, 2.45) is 0 Å². The molecule has 2 atom stereocenters. The van der Waals surface area contributed by atoms with Crippen LogP contribution in [0.25, 0.3) is 21.7 Å². The lowest BCUT2D eigenvalue weighted by atomic mass is 10.1. The predicted molar refractivity (Wildman–Crippen MR) is 139 cm³/mol. The van der Waals surface area contributed by atoms with Crippen LogP contribution in [0.1, 0.15) is 12.0 Å². The largest absolute Gasteiger partial charge is 0.428 e. The van der Waals surface area contributed by atoms with Gasteiger partial charge >= 0.3 is 6.09 Å². The molecule has 1 aromatic heterocycles. The highest BCUT2D eigenvalue weighted by Gasteiger charge is 2.41. The number of fused-ring (bicyclic) bond motifs is 2.